The topological polar surface area (TPSA) is 3.24 Å². The van der Waals surface area contributed by atoms with Crippen LogP contribution in [-0.2, 0) is 12.0 Å². The molecule has 1 aliphatic rings. The standard InChI is InChI=1S/C18H22FNS/c1-18(2,3)17-9-8-16(21-17)15-7-5-4-6-13(15)10-20-11-14(19)12-20/h4-9,14H,10-12H2,1-3H3. The van der Waals surface area contributed by atoms with Crippen molar-refractivity contribution in [1.29, 1.82) is 0 Å². The van der Waals surface area contributed by atoms with E-state index in [4.69, 9.17) is 0 Å². The Morgan fingerprint density at radius 1 is 1.14 bits per heavy atom. The van der Waals surface area contributed by atoms with Crippen LogP contribution < -0.4 is 0 Å². The summed E-state index contributed by atoms with van der Waals surface area (Å²) in [6, 6.07) is 13.0. The fourth-order valence-electron chi connectivity index (χ4n) is 2.66. The Kier molecular flexibility index (Phi) is 3.89. The highest BCUT2D eigenvalue weighted by Crippen LogP contribution is 2.36. The van der Waals surface area contributed by atoms with Crippen LogP contribution in [0, 0.1) is 0 Å². The van der Waals surface area contributed by atoms with Crippen LogP contribution >= 0.6 is 11.3 Å². The molecule has 1 aliphatic heterocycles. The smallest absolute Gasteiger partial charge is 0.125 e. The highest BCUT2D eigenvalue weighted by molar-refractivity contribution is 7.15. The summed E-state index contributed by atoms with van der Waals surface area (Å²) in [5.41, 5.74) is 2.78. The summed E-state index contributed by atoms with van der Waals surface area (Å²) in [4.78, 5) is 4.88. The van der Waals surface area contributed by atoms with Gasteiger partial charge >= 0.3 is 0 Å². The van der Waals surface area contributed by atoms with E-state index in [1.54, 1.807) is 0 Å². The third-order valence-electron chi connectivity index (χ3n) is 3.93. The molecule has 0 amide bonds. The highest BCUT2D eigenvalue weighted by Gasteiger charge is 2.26. The van der Waals surface area contributed by atoms with Gasteiger partial charge in [-0.3, -0.25) is 4.90 Å². The molecule has 0 atom stereocenters. The van der Waals surface area contributed by atoms with Crippen LogP contribution in [0.15, 0.2) is 36.4 Å². The zero-order chi connectivity index (χ0) is 15.0. The van der Waals surface area contributed by atoms with E-state index in [1.165, 1.54) is 20.9 Å². The number of halogens is 1. The molecule has 0 saturated carbocycles. The maximum absolute atomic E-state index is 13.0. The molecule has 112 valence electrons. The molecule has 21 heavy (non-hydrogen) atoms. The van der Waals surface area contributed by atoms with Crippen molar-refractivity contribution in [2.75, 3.05) is 13.1 Å². The number of nitrogens with zero attached hydrogens (tertiary/aromatic N) is 1. The number of hydrogen-bond donors (Lipinski definition) is 0. The molecule has 0 unspecified atom stereocenters. The van der Waals surface area contributed by atoms with Gasteiger partial charge in [-0.25, -0.2) is 4.39 Å². The Bertz CT molecular complexity index is 620. The number of rotatable bonds is 3. The van der Waals surface area contributed by atoms with Gasteiger partial charge in [-0.05, 0) is 28.7 Å². The first-order valence-corrected chi connectivity index (χ1v) is 8.30. The van der Waals surface area contributed by atoms with Crippen molar-refractivity contribution in [3.05, 3.63) is 46.8 Å². The molecule has 1 nitrogen and oxygen atoms in total. The maximum Gasteiger partial charge on any atom is 0.125 e. The first-order valence-electron chi connectivity index (χ1n) is 7.48. The van der Waals surface area contributed by atoms with Gasteiger partial charge in [0.05, 0.1) is 0 Å². The molecule has 2 aromatic rings. The third kappa shape index (κ3) is 3.19. The van der Waals surface area contributed by atoms with Crippen LogP contribution in [0.3, 0.4) is 0 Å². The summed E-state index contributed by atoms with van der Waals surface area (Å²) in [7, 11) is 0. The van der Waals surface area contributed by atoms with Crippen LogP contribution in [0.4, 0.5) is 4.39 Å². The second-order valence-electron chi connectivity index (χ2n) is 6.86. The molecular formula is C18H22FNS. The molecule has 0 bridgehead atoms. The van der Waals surface area contributed by atoms with Gasteiger partial charge in [0.15, 0.2) is 0 Å². The van der Waals surface area contributed by atoms with Crippen molar-refractivity contribution in [1.82, 2.24) is 4.90 Å². The maximum atomic E-state index is 13.0. The van der Waals surface area contributed by atoms with E-state index < -0.39 is 6.17 Å². The lowest BCUT2D eigenvalue weighted by Crippen LogP contribution is -2.47. The fourth-order valence-corrected chi connectivity index (χ4v) is 3.79. The van der Waals surface area contributed by atoms with E-state index in [0.717, 1.165) is 6.54 Å². The minimum atomic E-state index is -0.633. The minimum Gasteiger partial charge on any atom is -0.293 e. The van der Waals surface area contributed by atoms with Crippen LogP contribution in [0.5, 0.6) is 0 Å². The Hall–Kier alpha value is -1.19. The number of benzene rings is 1. The monoisotopic (exact) mass is 303 g/mol. The van der Waals surface area contributed by atoms with E-state index >= 15 is 0 Å². The predicted octanol–water partition coefficient (Wildman–Crippen LogP) is 4.87. The fraction of sp³-hybridized carbons (Fsp3) is 0.444. The molecule has 0 N–H and O–H groups in total. The zero-order valence-corrected chi connectivity index (χ0v) is 13.7. The average Bonchev–Trinajstić information content (AvgIpc) is 2.87. The largest absolute Gasteiger partial charge is 0.293 e. The van der Waals surface area contributed by atoms with Crippen molar-refractivity contribution in [2.45, 2.75) is 38.9 Å². The van der Waals surface area contributed by atoms with Gasteiger partial charge in [-0.1, -0.05) is 45.0 Å². The second kappa shape index (κ2) is 5.54. The Morgan fingerprint density at radius 2 is 1.86 bits per heavy atom. The highest BCUT2D eigenvalue weighted by atomic mass is 32.1. The lowest BCUT2D eigenvalue weighted by atomic mass is 9.95. The lowest BCUT2D eigenvalue weighted by molar-refractivity contribution is 0.0592. The molecule has 0 spiro atoms. The molecule has 3 rings (SSSR count). The molecule has 1 saturated heterocycles. The quantitative estimate of drug-likeness (QED) is 0.782. The molecular weight excluding hydrogens is 281 g/mol. The summed E-state index contributed by atoms with van der Waals surface area (Å²) in [5, 5.41) is 0. The number of hydrogen-bond acceptors (Lipinski definition) is 2. The first-order chi connectivity index (χ1) is 9.93. The van der Waals surface area contributed by atoms with Gasteiger partial charge in [0, 0.05) is 29.4 Å². The van der Waals surface area contributed by atoms with Gasteiger partial charge in [-0.2, -0.15) is 0 Å². The molecule has 0 radical (unpaired) electrons. The van der Waals surface area contributed by atoms with Gasteiger partial charge < -0.3 is 0 Å². The van der Waals surface area contributed by atoms with E-state index in [-0.39, 0.29) is 5.41 Å². The Labute approximate surface area is 130 Å². The second-order valence-corrected chi connectivity index (χ2v) is 7.95. The van der Waals surface area contributed by atoms with Crippen LogP contribution in [-0.4, -0.2) is 24.2 Å². The Morgan fingerprint density at radius 3 is 2.48 bits per heavy atom. The number of alkyl halides is 1. The summed E-state index contributed by atoms with van der Waals surface area (Å²) < 4.78 is 13.0. The van der Waals surface area contributed by atoms with Crippen LogP contribution in [0.1, 0.15) is 31.2 Å². The van der Waals surface area contributed by atoms with Crippen LogP contribution in [0.2, 0.25) is 0 Å². The third-order valence-corrected chi connectivity index (χ3v) is 5.48. The molecule has 2 heterocycles. The van der Waals surface area contributed by atoms with Crippen molar-refractivity contribution < 1.29 is 4.39 Å². The van der Waals surface area contributed by atoms with E-state index in [2.05, 4.69) is 62.1 Å². The van der Waals surface area contributed by atoms with Crippen molar-refractivity contribution in [3.8, 4) is 10.4 Å². The van der Waals surface area contributed by atoms with Crippen molar-refractivity contribution >= 4 is 11.3 Å². The minimum absolute atomic E-state index is 0.191. The normalized spacial score (nSPS) is 17.0. The SMILES string of the molecule is CC(C)(C)c1ccc(-c2ccccc2CN2CC(F)C2)s1. The van der Waals surface area contributed by atoms with Gasteiger partial charge in [0.1, 0.15) is 6.17 Å². The van der Waals surface area contributed by atoms with Crippen molar-refractivity contribution in [3.63, 3.8) is 0 Å². The summed E-state index contributed by atoms with van der Waals surface area (Å²) in [5.74, 6) is 0. The zero-order valence-electron chi connectivity index (χ0n) is 12.9. The number of thiophene rings is 1. The first kappa shape index (κ1) is 14.7. The Balaban J connectivity index is 1.86. The van der Waals surface area contributed by atoms with Gasteiger partial charge in [0.25, 0.3) is 0 Å². The summed E-state index contributed by atoms with van der Waals surface area (Å²) >= 11 is 1.87. The summed E-state index contributed by atoms with van der Waals surface area (Å²) in [6.45, 7) is 8.74. The van der Waals surface area contributed by atoms with E-state index in [9.17, 15) is 4.39 Å². The van der Waals surface area contributed by atoms with Crippen molar-refractivity contribution in [2.24, 2.45) is 0 Å². The molecule has 0 aliphatic carbocycles. The molecule has 1 aromatic carbocycles. The molecule has 1 fully saturated rings. The lowest BCUT2D eigenvalue weighted by Gasteiger charge is -2.34. The van der Waals surface area contributed by atoms with E-state index in [1.807, 2.05) is 11.3 Å². The van der Waals surface area contributed by atoms with Crippen LogP contribution in [0.25, 0.3) is 10.4 Å². The predicted molar refractivity (Wildman–Crippen MR) is 88.6 cm³/mol. The van der Waals surface area contributed by atoms with Gasteiger partial charge in [-0.15, -0.1) is 11.3 Å². The molecule has 3 heteroatoms. The molecule has 1 aromatic heterocycles. The van der Waals surface area contributed by atoms with Gasteiger partial charge in [0.2, 0.25) is 0 Å². The summed E-state index contributed by atoms with van der Waals surface area (Å²) in [6.07, 6.45) is -0.633. The van der Waals surface area contributed by atoms with E-state index in [0.29, 0.717) is 13.1 Å². The number of likely N-dealkylation sites (tertiary alicyclic amines) is 1. The average molecular weight is 303 g/mol.